The van der Waals surface area contributed by atoms with Crippen LogP contribution in [0.3, 0.4) is 0 Å². The second-order valence-corrected chi connectivity index (χ2v) is 9.57. The summed E-state index contributed by atoms with van der Waals surface area (Å²) in [5.74, 6) is 2.01. The fraction of sp³-hybridized carbons (Fsp3) is 0.333. The first-order valence-electron chi connectivity index (χ1n) is 10.3. The van der Waals surface area contributed by atoms with Gasteiger partial charge in [-0.15, -0.1) is 0 Å². The third kappa shape index (κ3) is 6.41. The Bertz CT molecular complexity index is 941. The Balaban J connectivity index is 1.58. The van der Waals surface area contributed by atoms with E-state index in [9.17, 15) is 9.59 Å². The number of carbonyl (C=O) groups is 2. The molecule has 0 aromatic heterocycles. The van der Waals surface area contributed by atoms with Crippen LogP contribution in [0.4, 0.5) is 5.69 Å². The molecule has 6 heteroatoms. The third-order valence-electron chi connectivity index (χ3n) is 4.67. The summed E-state index contributed by atoms with van der Waals surface area (Å²) >= 11 is 3.37. The van der Waals surface area contributed by atoms with Gasteiger partial charge in [-0.2, -0.15) is 11.8 Å². The lowest BCUT2D eigenvalue weighted by Crippen LogP contribution is -2.25. The van der Waals surface area contributed by atoms with Crippen LogP contribution in [0.5, 0.6) is 0 Å². The van der Waals surface area contributed by atoms with Gasteiger partial charge in [0.1, 0.15) is 0 Å². The Kier molecular flexibility index (Phi) is 8.46. The number of benzene rings is 2. The Hall–Kier alpha value is -2.18. The van der Waals surface area contributed by atoms with E-state index in [1.807, 2.05) is 61.2 Å². The van der Waals surface area contributed by atoms with Crippen molar-refractivity contribution in [2.45, 2.75) is 38.0 Å². The average Bonchev–Trinajstić information content (AvgIpc) is 2.73. The minimum atomic E-state index is -0.143. The number of hydrogen-bond acceptors (Lipinski definition) is 4. The van der Waals surface area contributed by atoms with E-state index in [1.54, 1.807) is 6.07 Å². The quantitative estimate of drug-likeness (QED) is 0.386. The normalized spacial score (nSPS) is 14.3. The molecule has 1 heterocycles. The van der Waals surface area contributed by atoms with Crippen LogP contribution in [0.1, 0.15) is 47.7 Å². The van der Waals surface area contributed by atoms with Crippen LogP contribution in [0.2, 0.25) is 0 Å². The molecular weight excluding hydrogens is 412 g/mol. The standard InChI is InChI=1S/C24H28N2O2S2/c1-3-4-12-29-13-6-11-25-23(27)19-9-10-21-20(16-19)26-24(28)22(30-21)15-18-8-5-7-17(2)14-18/h5,7-10,14-16H,3-4,6,11-13H2,1-2H3,(H,25,27)(H,26,28)/b22-15+. The number of unbranched alkanes of at least 4 members (excludes halogenated alkanes) is 1. The van der Waals surface area contributed by atoms with E-state index in [4.69, 9.17) is 0 Å². The third-order valence-corrected chi connectivity index (χ3v) is 6.92. The van der Waals surface area contributed by atoms with Gasteiger partial charge in [0.05, 0.1) is 10.6 Å². The van der Waals surface area contributed by atoms with Crippen molar-refractivity contribution in [3.05, 3.63) is 64.1 Å². The number of rotatable bonds is 9. The van der Waals surface area contributed by atoms with Crippen LogP contribution < -0.4 is 10.6 Å². The Morgan fingerprint density at radius 1 is 1.17 bits per heavy atom. The van der Waals surface area contributed by atoms with Gasteiger partial charge in [0.2, 0.25) is 0 Å². The van der Waals surface area contributed by atoms with Gasteiger partial charge in [-0.3, -0.25) is 9.59 Å². The van der Waals surface area contributed by atoms with Gasteiger partial charge >= 0.3 is 0 Å². The lowest BCUT2D eigenvalue weighted by Gasteiger charge is -2.19. The molecule has 4 nitrogen and oxygen atoms in total. The van der Waals surface area contributed by atoms with Crippen LogP contribution in [-0.4, -0.2) is 29.9 Å². The number of amides is 2. The van der Waals surface area contributed by atoms with Crippen LogP contribution in [0.25, 0.3) is 6.08 Å². The fourth-order valence-corrected chi connectivity index (χ4v) is 5.02. The summed E-state index contributed by atoms with van der Waals surface area (Å²) in [6.07, 6.45) is 5.33. The zero-order valence-electron chi connectivity index (χ0n) is 17.5. The number of hydrogen-bond donors (Lipinski definition) is 2. The molecule has 1 aliphatic heterocycles. The second-order valence-electron chi connectivity index (χ2n) is 7.27. The van der Waals surface area contributed by atoms with E-state index in [0.29, 0.717) is 22.7 Å². The molecule has 0 atom stereocenters. The summed E-state index contributed by atoms with van der Waals surface area (Å²) in [5.41, 5.74) is 3.41. The van der Waals surface area contributed by atoms with Gasteiger partial charge in [0.15, 0.2) is 0 Å². The average molecular weight is 441 g/mol. The number of thioether (sulfide) groups is 2. The van der Waals surface area contributed by atoms with Crippen LogP contribution in [-0.2, 0) is 4.79 Å². The van der Waals surface area contributed by atoms with E-state index in [1.165, 1.54) is 30.4 Å². The number of carbonyl (C=O) groups excluding carboxylic acids is 2. The molecule has 0 spiro atoms. The predicted molar refractivity (Wildman–Crippen MR) is 129 cm³/mol. The zero-order valence-corrected chi connectivity index (χ0v) is 19.1. The second kappa shape index (κ2) is 11.3. The van der Waals surface area contributed by atoms with Crippen molar-refractivity contribution in [2.24, 2.45) is 0 Å². The molecule has 2 aromatic carbocycles. The Morgan fingerprint density at radius 3 is 2.80 bits per heavy atom. The van der Waals surface area contributed by atoms with Crippen molar-refractivity contribution in [1.82, 2.24) is 5.32 Å². The SMILES string of the molecule is CCCCSCCCNC(=O)c1ccc2c(c1)NC(=O)/C(=C\c1cccc(C)c1)S2. The van der Waals surface area contributed by atoms with E-state index < -0.39 is 0 Å². The highest BCUT2D eigenvalue weighted by molar-refractivity contribution is 8.04. The minimum Gasteiger partial charge on any atom is -0.352 e. The molecule has 2 N–H and O–H groups in total. The van der Waals surface area contributed by atoms with Crippen molar-refractivity contribution in [3.63, 3.8) is 0 Å². The molecule has 0 aliphatic carbocycles. The zero-order chi connectivity index (χ0) is 21.3. The topological polar surface area (TPSA) is 58.2 Å². The van der Waals surface area contributed by atoms with Gasteiger partial charge in [-0.05, 0) is 61.1 Å². The first-order valence-corrected chi connectivity index (χ1v) is 12.3. The van der Waals surface area contributed by atoms with Crippen LogP contribution in [0, 0.1) is 6.92 Å². The van der Waals surface area contributed by atoms with Gasteiger partial charge < -0.3 is 10.6 Å². The molecule has 1 aliphatic rings. The van der Waals surface area contributed by atoms with Crippen LogP contribution >= 0.6 is 23.5 Å². The van der Waals surface area contributed by atoms with E-state index in [-0.39, 0.29) is 11.8 Å². The number of nitrogens with one attached hydrogen (secondary N) is 2. The molecule has 0 bridgehead atoms. The molecule has 0 fully saturated rings. The molecule has 0 radical (unpaired) electrons. The summed E-state index contributed by atoms with van der Waals surface area (Å²) in [6, 6.07) is 13.5. The Labute approximate surface area is 187 Å². The summed E-state index contributed by atoms with van der Waals surface area (Å²) in [5, 5.41) is 5.90. The minimum absolute atomic E-state index is 0.100. The highest BCUT2D eigenvalue weighted by Gasteiger charge is 2.22. The number of fused-ring (bicyclic) bond motifs is 1. The molecule has 30 heavy (non-hydrogen) atoms. The van der Waals surface area contributed by atoms with E-state index >= 15 is 0 Å². The monoisotopic (exact) mass is 440 g/mol. The highest BCUT2D eigenvalue weighted by Crippen LogP contribution is 2.39. The summed E-state index contributed by atoms with van der Waals surface area (Å²) in [6.45, 7) is 4.89. The first-order chi connectivity index (χ1) is 14.6. The molecule has 2 aromatic rings. The molecule has 3 rings (SSSR count). The lowest BCUT2D eigenvalue weighted by molar-refractivity contribution is -0.112. The van der Waals surface area contributed by atoms with E-state index in [2.05, 4.69) is 17.6 Å². The molecule has 0 saturated heterocycles. The largest absolute Gasteiger partial charge is 0.352 e. The number of anilines is 1. The smallest absolute Gasteiger partial charge is 0.262 e. The van der Waals surface area contributed by atoms with Gasteiger partial charge in [0.25, 0.3) is 11.8 Å². The van der Waals surface area contributed by atoms with Gasteiger partial charge in [0, 0.05) is 17.0 Å². The van der Waals surface area contributed by atoms with Crippen molar-refractivity contribution in [2.75, 3.05) is 23.4 Å². The maximum Gasteiger partial charge on any atom is 0.262 e. The molecule has 2 amide bonds. The maximum atomic E-state index is 12.5. The maximum absolute atomic E-state index is 12.5. The molecule has 158 valence electrons. The lowest BCUT2D eigenvalue weighted by atomic mass is 10.1. The van der Waals surface area contributed by atoms with E-state index in [0.717, 1.165) is 28.2 Å². The van der Waals surface area contributed by atoms with Crippen LogP contribution in [0.15, 0.2) is 52.3 Å². The summed E-state index contributed by atoms with van der Waals surface area (Å²) in [7, 11) is 0. The summed E-state index contributed by atoms with van der Waals surface area (Å²) < 4.78 is 0. The first kappa shape index (κ1) is 22.5. The van der Waals surface area contributed by atoms with Crippen molar-refractivity contribution >= 4 is 47.1 Å². The van der Waals surface area contributed by atoms with Crippen molar-refractivity contribution in [3.8, 4) is 0 Å². The van der Waals surface area contributed by atoms with Gasteiger partial charge in [-0.1, -0.05) is 54.9 Å². The fourth-order valence-electron chi connectivity index (χ4n) is 3.04. The van der Waals surface area contributed by atoms with Crippen molar-refractivity contribution in [1.29, 1.82) is 0 Å². The van der Waals surface area contributed by atoms with Gasteiger partial charge in [-0.25, -0.2) is 0 Å². The molecular formula is C24H28N2O2S2. The Morgan fingerprint density at radius 2 is 2.00 bits per heavy atom. The number of aryl methyl sites for hydroxylation is 1. The predicted octanol–water partition coefficient (Wildman–Crippen LogP) is 5.73. The van der Waals surface area contributed by atoms with Crippen molar-refractivity contribution < 1.29 is 9.59 Å². The molecule has 0 unspecified atom stereocenters. The molecule has 0 saturated carbocycles. The summed E-state index contributed by atoms with van der Waals surface area (Å²) in [4.78, 5) is 26.6. The highest BCUT2D eigenvalue weighted by atomic mass is 32.2.